The Morgan fingerprint density at radius 1 is 1.15 bits per heavy atom. The van der Waals surface area contributed by atoms with E-state index < -0.39 is 16.7 Å². The number of ether oxygens (including phenoxy) is 1. The molecule has 2 aromatic carbocycles. The van der Waals surface area contributed by atoms with Gasteiger partial charge in [0, 0.05) is 22.9 Å². The van der Waals surface area contributed by atoms with E-state index in [2.05, 4.69) is 10.6 Å². The first-order valence-electron chi connectivity index (χ1n) is 7.96. The van der Waals surface area contributed by atoms with Gasteiger partial charge in [-0.1, -0.05) is 6.07 Å². The first-order chi connectivity index (χ1) is 12.4. The number of anilines is 1. The second-order valence-electron chi connectivity index (χ2n) is 5.45. The van der Waals surface area contributed by atoms with Crippen molar-refractivity contribution in [2.24, 2.45) is 0 Å². The summed E-state index contributed by atoms with van der Waals surface area (Å²) in [4.78, 5) is 34.4. The van der Waals surface area contributed by atoms with Crippen LogP contribution in [0.15, 0.2) is 42.5 Å². The Morgan fingerprint density at radius 2 is 1.85 bits per heavy atom. The van der Waals surface area contributed by atoms with E-state index in [4.69, 9.17) is 4.74 Å². The van der Waals surface area contributed by atoms with Crippen LogP contribution in [0.5, 0.6) is 5.75 Å². The van der Waals surface area contributed by atoms with Gasteiger partial charge >= 0.3 is 0 Å². The van der Waals surface area contributed by atoms with E-state index in [-0.39, 0.29) is 17.8 Å². The fraction of sp³-hybridized carbons (Fsp3) is 0.222. The number of amides is 2. The van der Waals surface area contributed by atoms with Gasteiger partial charge in [-0.2, -0.15) is 0 Å². The molecule has 0 saturated carbocycles. The van der Waals surface area contributed by atoms with E-state index in [9.17, 15) is 19.7 Å². The second-order valence-corrected chi connectivity index (χ2v) is 5.45. The third-order valence-corrected chi connectivity index (χ3v) is 3.53. The van der Waals surface area contributed by atoms with Gasteiger partial charge in [-0.3, -0.25) is 19.7 Å². The average Bonchev–Trinajstić information content (AvgIpc) is 2.61. The summed E-state index contributed by atoms with van der Waals surface area (Å²) in [6.45, 7) is 3.76. The first-order valence-corrected chi connectivity index (χ1v) is 7.96. The molecule has 0 aliphatic carbocycles. The Labute approximate surface area is 150 Å². The lowest BCUT2D eigenvalue weighted by Crippen LogP contribution is -2.32. The maximum Gasteiger partial charge on any atom is 0.273 e. The smallest absolute Gasteiger partial charge is 0.273 e. The molecule has 26 heavy (non-hydrogen) atoms. The second kappa shape index (κ2) is 8.61. The number of nitrogens with one attached hydrogen (secondary N) is 2. The van der Waals surface area contributed by atoms with Crippen molar-refractivity contribution in [1.82, 2.24) is 5.32 Å². The van der Waals surface area contributed by atoms with Crippen molar-refractivity contribution in [2.75, 3.05) is 18.5 Å². The maximum absolute atomic E-state index is 12.1. The highest BCUT2D eigenvalue weighted by Crippen LogP contribution is 2.19. The molecule has 0 saturated heterocycles. The Kier molecular flexibility index (Phi) is 6.26. The zero-order valence-electron chi connectivity index (χ0n) is 14.4. The van der Waals surface area contributed by atoms with Gasteiger partial charge in [0.05, 0.1) is 18.1 Å². The number of nitro benzene ring substituents is 1. The molecule has 0 radical (unpaired) electrons. The molecule has 0 spiro atoms. The van der Waals surface area contributed by atoms with Crippen LogP contribution in [0.4, 0.5) is 11.4 Å². The van der Waals surface area contributed by atoms with Crippen LogP contribution in [0, 0.1) is 17.0 Å². The van der Waals surface area contributed by atoms with Crippen LogP contribution >= 0.6 is 0 Å². The molecule has 0 atom stereocenters. The molecule has 0 aliphatic heterocycles. The zero-order chi connectivity index (χ0) is 19.1. The summed E-state index contributed by atoms with van der Waals surface area (Å²) in [5.74, 6) is -0.279. The minimum absolute atomic E-state index is 0.121. The topological polar surface area (TPSA) is 111 Å². The molecule has 2 rings (SSSR count). The van der Waals surface area contributed by atoms with Gasteiger partial charge in [-0.25, -0.2) is 0 Å². The highest BCUT2D eigenvalue weighted by atomic mass is 16.6. The van der Waals surface area contributed by atoms with Crippen molar-refractivity contribution in [3.63, 3.8) is 0 Å². The monoisotopic (exact) mass is 357 g/mol. The maximum atomic E-state index is 12.1. The number of nitro groups is 1. The van der Waals surface area contributed by atoms with Gasteiger partial charge in [0.1, 0.15) is 5.75 Å². The molecule has 0 bridgehead atoms. The Balaban J connectivity index is 1.91. The van der Waals surface area contributed by atoms with Crippen LogP contribution in [-0.2, 0) is 4.79 Å². The molecule has 0 heterocycles. The van der Waals surface area contributed by atoms with Gasteiger partial charge in [0.2, 0.25) is 5.91 Å². The van der Waals surface area contributed by atoms with E-state index in [1.165, 1.54) is 18.2 Å². The quantitative estimate of drug-likeness (QED) is 0.585. The van der Waals surface area contributed by atoms with Crippen molar-refractivity contribution in [3.05, 3.63) is 63.7 Å². The lowest BCUT2D eigenvalue weighted by Gasteiger charge is -2.08. The van der Waals surface area contributed by atoms with E-state index in [0.717, 1.165) is 0 Å². The Bertz CT molecular complexity index is 818. The lowest BCUT2D eigenvalue weighted by molar-refractivity contribution is -0.385. The number of hydrogen-bond acceptors (Lipinski definition) is 5. The number of carbonyl (C=O) groups excluding carboxylic acids is 2. The van der Waals surface area contributed by atoms with Gasteiger partial charge in [0.15, 0.2) is 0 Å². The number of nitrogens with zero attached hydrogens (tertiary/aromatic N) is 1. The van der Waals surface area contributed by atoms with Crippen molar-refractivity contribution >= 4 is 23.2 Å². The summed E-state index contributed by atoms with van der Waals surface area (Å²) in [5, 5.41) is 16.0. The fourth-order valence-corrected chi connectivity index (χ4v) is 2.22. The first kappa shape index (κ1) is 18.9. The molecule has 0 aliphatic rings. The van der Waals surface area contributed by atoms with E-state index in [0.29, 0.717) is 23.6 Å². The Morgan fingerprint density at radius 3 is 2.46 bits per heavy atom. The van der Waals surface area contributed by atoms with Crippen LogP contribution in [-0.4, -0.2) is 29.9 Å². The predicted molar refractivity (Wildman–Crippen MR) is 96.4 cm³/mol. The average molecular weight is 357 g/mol. The zero-order valence-corrected chi connectivity index (χ0v) is 14.4. The van der Waals surface area contributed by atoms with E-state index in [1.807, 2.05) is 6.92 Å². The molecule has 0 unspecified atom stereocenters. The van der Waals surface area contributed by atoms with E-state index >= 15 is 0 Å². The van der Waals surface area contributed by atoms with E-state index in [1.54, 1.807) is 31.2 Å². The van der Waals surface area contributed by atoms with Crippen LogP contribution < -0.4 is 15.4 Å². The molecular weight excluding hydrogens is 338 g/mol. The summed E-state index contributed by atoms with van der Waals surface area (Å²) in [6, 6.07) is 11.0. The van der Waals surface area contributed by atoms with Crippen LogP contribution in [0.25, 0.3) is 0 Å². The van der Waals surface area contributed by atoms with Crippen molar-refractivity contribution in [2.45, 2.75) is 13.8 Å². The molecule has 2 aromatic rings. The summed E-state index contributed by atoms with van der Waals surface area (Å²) >= 11 is 0. The number of carbonyl (C=O) groups is 2. The largest absolute Gasteiger partial charge is 0.494 e. The predicted octanol–water partition coefficient (Wildman–Crippen LogP) is 2.67. The van der Waals surface area contributed by atoms with Gasteiger partial charge < -0.3 is 15.4 Å². The molecule has 8 nitrogen and oxygen atoms in total. The standard InChI is InChI=1S/C18H19N3O5/c1-3-26-15-8-6-14(7-9-15)20-17(22)11-19-18(23)13-5-4-12(2)16(10-13)21(24)25/h4-10H,3,11H2,1-2H3,(H,19,23)(H,20,22). The molecule has 8 heteroatoms. The summed E-state index contributed by atoms with van der Waals surface area (Å²) in [5.41, 5.74) is 1.01. The number of aryl methyl sites for hydroxylation is 1. The van der Waals surface area contributed by atoms with Crippen LogP contribution in [0.1, 0.15) is 22.8 Å². The third kappa shape index (κ3) is 5.04. The molecule has 136 valence electrons. The number of benzene rings is 2. The van der Waals surface area contributed by atoms with Gasteiger partial charge in [0.25, 0.3) is 11.6 Å². The van der Waals surface area contributed by atoms with Crippen LogP contribution in [0.3, 0.4) is 0 Å². The minimum Gasteiger partial charge on any atom is -0.494 e. The Hall–Kier alpha value is -3.42. The van der Waals surface area contributed by atoms with Crippen molar-refractivity contribution in [3.8, 4) is 5.75 Å². The minimum atomic E-state index is -0.560. The SMILES string of the molecule is CCOc1ccc(NC(=O)CNC(=O)c2ccc(C)c([N+](=O)[O-])c2)cc1. The van der Waals surface area contributed by atoms with Crippen molar-refractivity contribution in [1.29, 1.82) is 0 Å². The van der Waals surface area contributed by atoms with Gasteiger partial charge in [-0.05, 0) is 44.2 Å². The number of rotatable bonds is 7. The highest BCUT2D eigenvalue weighted by Gasteiger charge is 2.15. The molecule has 0 fully saturated rings. The summed E-state index contributed by atoms with van der Waals surface area (Å²) in [6.07, 6.45) is 0. The highest BCUT2D eigenvalue weighted by molar-refractivity contribution is 5.99. The lowest BCUT2D eigenvalue weighted by atomic mass is 10.1. The summed E-state index contributed by atoms with van der Waals surface area (Å²) in [7, 11) is 0. The fourth-order valence-electron chi connectivity index (χ4n) is 2.22. The molecule has 2 N–H and O–H groups in total. The third-order valence-electron chi connectivity index (χ3n) is 3.53. The summed E-state index contributed by atoms with van der Waals surface area (Å²) < 4.78 is 5.31. The molecular formula is C18H19N3O5. The molecule has 2 amide bonds. The van der Waals surface area contributed by atoms with Gasteiger partial charge in [-0.15, -0.1) is 0 Å². The number of hydrogen-bond donors (Lipinski definition) is 2. The van der Waals surface area contributed by atoms with Crippen molar-refractivity contribution < 1.29 is 19.2 Å². The van der Waals surface area contributed by atoms with Crippen LogP contribution in [0.2, 0.25) is 0 Å². The normalized spacial score (nSPS) is 10.1. The molecule has 0 aromatic heterocycles.